The van der Waals surface area contributed by atoms with Gasteiger partial charge in [-0.15, -0.1) is 0 Å². The van der Waals surface area contributed by atoms with Gasteiger partial charge in [-0.25, -0.2) is 0 Å². The van der Waals surface area contributed by atoms with Crippen molar-refractivity contribution in [3.63, 3.8) is 0 Å². The Morgan fingerprint density at radius 2 is 1.61 bits per heavy atom. The molecule has 1 aromatic rings. The van der Waals surface area contributed by atoms with Gasteiger partial charge in [0.25, 0.3) is 5.79 Å². The number of carbonyl (C=O) groups is 1. The maximum absolute atomic E-state index is 11.1. The SMILES string of the molecule is CCOc1cc(C2(C)OC=CO2)cc(OCC)c1COC(C)=O. The highest BCUT2D eigenvalue weighted by molar-refractivity contribution is 5.66. The smallest absolute Gasteiger partial charge is 0.302 e. The van der Waals surface area contributed by atoms with Crippen LogP contribution >= 0.6 is 0 Å². The van der Waals surface area contributed by atoms with Crippen LogP contribution in [-0.2, 0) is 31.4 Å². The van der Waals surface area contributed by atoms with E-state index < -0.39 is 5.79 Å². The average molecular weight is 322 g/mol. The largest absolute Gasteiger partial charge is 0.493 e. The van der Waals surface area contributed by atoms with E-state index in [0.29, 0.717) is 30.3 Å². The van der Waals surface area contributed by atoms with Gasteiger partial charge in [0, 0.05) is 19.4 Å². The van der Waals surface area contributed by atoms with E-state index in [9.17, 15) is 4.79 Å². The molecule has 1 aromatic carbocycles. The summed E-state index contributed by atoms with van der Waals surface area (Å²) in [5.74, 6) is -0.139. The predicted molar refractivity (Wildman–Crippen MR) is 82.9 cm³/mol. The van der Waals surface area contributed by atoms with Crippen molar-refractivity contribution in [2.75, 3.05) is 13.2 Å². The van der Waals surface area contributed by atoms with E-state index in [-0.39, 0.29) is 12.6 Å². The molecule has 23 heavy (non-hydrogen) atoms. The number of hydrogen-bond acceptors (Lipinski definition) is 6. The summed E-state index contributed by atoms with van der Waals surface area (Å²) in [4.78, 5) is 11.1. The van der Waals surface area contributed by atoms with E-state index in [1.54, 1.807) is 6.92 Å². The Bertz CT molecular complexity index is 558. The Hall–Kier alpha value is -2.37. The van der Waals surface area contributed by atoms with Crippen LogP contribution in [0.25, 0.3) is 0 Å². The van der Waals surface area contributed by atoms with Gasteiger partial charge in [-0.3, -0.25) is 4.79 Å². The van der Waals surface area contributed by atoms with Gasteiger partial charge in [0.2, 0.25) is 0 Å². The first kappa shape index (κ1) is 17.0. The molecule has 0 N–H and O–H groups in total. The Morgan fingerprint density at radius 3 is 2.04 bits per heavy atom. The van der Waals surface area contributed by atoms with Crippen molar-refractivity contribution in [2.24, 2.45) is 0 Å². The third kappa shape index (κ3) is 3.88. The summed E-state index contributed by atoms with van der Waals surface area (Å²) in [5.41, 5.74) is 1.43. The molecule has 6 heteroatoms. The molecule has 0 saturated carbocycles. The van der Waals surface area contributed by atoms with E-state index in [1.165, 1.54) is 19.4 Å². The minimum absolute atomic E-state index is 0.0803. The van der Waals surface area contributed by atoms with Crippen LogP contribution in [0.2, 0.25) is 0 Å². The molecule has 1 aliphatic rings. The number of esters is 1. The third-order valence-electron chi connectivity index (χ3n) is 3.35. The van der Waals surface area contributed by atoms with Gasteiger partial charge in [0.1, 0.15) is 30.6 Å². The molecule has 6 nitrogen and oxygen atoms in total. The van der Waals surface area contributed by atoms with Crippen LogP contribution in [0.1, 0.15) is 38.8 Å². The zero-order chi connectivity index (χ0) is 16.9. The number of hydrogen-bond donors (Lipinski definition) is 0. The van der Waals surface area contributed by atoms with Crippen LogP contribution in [0.4, 0.5) is 0 Å². The van der Waals surface area contributed by atoms with Crippen molar-refractivity contribution in [2.45, 2.75) is 40.1 Å². The third-order valence-corrected chi connectivity index (χ3v) is 3.35. The topological polar surface area (TPSA) is 63.2 Å². The molecular formula is C17H22O6. The molecule has 1 aliphatic heterocycles. The molecule has 0 radical (unpaired) electrons. The summed E-state index contributed by atoms with van der Waals surface area (Å²) in [7, 11) is 0. The molecule has 126 valence electrons. The summed E-state index contributed by atoms with van der Waals surface area (Å²) < 4.78 is 27.6. The molecular weight excluding hydrogens is 300 g/mol. The Morgan fingerprint density at radius 1 is 1.09 bits per heavy atom. The van der Waals surface area contributed by atoms with E-state index >= 15 is 0 Å². The number of carbonyl (C=O) groups excluding carboxylic acids is 1. The summed E-state index contributed by atoms with van der Waals surface area (Å²) in [6.07, 6.45) is 2.99. The number of rotatable bonds is 7. The van der Waals surface area contributed by atoms with Gasteiger partial charge in [0.05, 0.1) is 18.8 Å². The summed E-state index contributed by atoms with van der Waals surface area (Å²) in [6, 6.07) is 3.63. The Balaban J connectivity index is 2.44. The van der Waals surface area contributed by atoms with Crippen molar-refractivity contribution in [1.29, 1.82) is 0 Å². The van der Waals surface area contributed by atoms with E-state index in [2.05, 4.69) is 0 Å². The molecule has 0 bridgehead atoms. The van der Waals surface area contributed by atoms with Gasteiger partial charge in [-0.05, 0) is 26.0 Å². The zero-order valence-electron chi connectivity index (χ0n) is 13.9. The monoisotopic (exact) mass is 322 g/mol. The van der Waals surface area contributed by atoms with Crippen molar-refractivity contribution >= 4 is 5.97 Å². The van der Waals surface area contributed by atoms with Gasteiger partial charge in [-0.2, -0.15) is 0 Å². The maximum atomic E-state index is 11.1. The lowest BCUT2D eigenvalue weighted by molar-refractivity contribution is -0.142. The van der Waals surface area contributed by atoms with Gasteiger partial charge in [-0.1, -0.05) is 0 Å². The molecule has 0 spiro atoms. The molecule has 0 saturated heterocycles. The molecule has 0 unspecified atom stereocenters. The minimum Gasteiger partial charge on any atom is -0.493 e. The molecule has 0 atom stereocenters. The molecule has 2 rings (SSSR count). The molecule has 0 aromatic heterocycles. The Kier molecular flexibility index (Phi) is 5.36. The van der Waals surface area contributed by atoms with Gasteiger partial charge >= 0.3 is 5.97 Å². The standard InChI is InChI=1S/C17H22O6/c1-5-19-15-9-13(17(4)22-7-8-23-17)10-16(20-6-2)14(15)11-21-12(3)18/h7-10H,5-6,11H2,1-4H3. The maximum Gasteiger partial charge on any atom is 0.302 e. The summed E-state index contributed by atoms with van der Waals surface area (Å²) in [6.45, 7) is 7.96. The second-order valence-corrected chi connectivity index (χ2v) is 5.05. The average Bonchev–Trinajstić information content (AvgIpc) is 2.94. The summed E-state index contributed by atoms with van der Waals surface area (Å²) in [5, 5.41) is 0. The van der Waals surface area contributed by atoms with Gasteiger partial charge < -0.3 is 23.7 Å². The highest BCUT2D eigenvalue weighted by atomic mass is 16.7. The Labute approximate surface area is 135 Å². The fraction of sp³-hybridized carbons (Fsp3) is 0.471. The number of benzene rings is 1. The van der Waals surface area contributed by atoms with Crippen LogP contribution in [-0.4, -0.2) is 19.2 Å². The second-order valence-electron chi connectivity index (χ2n) is 5.05. The summed E-state index contributed by atoms with van der Waals surface area (Å²) >= 11 is 0. The lowest BCUT2D eigenvalue weighted by Crippen LogP contribution is -2.23. The quantitative estimate of drug-likeness (QED) is 0.718. The first-order valence-electron chi connectivity index (χ1n) is 7.57. The first-order valence-corrected chi connectivity index (χ1v) is 7.57. The fourth-order valence-corrected chi connectivity index (χ4v) is 2.25. The van der Waals surface area contributed by atoms with Crippen LogP contribution < -0.4 is 9.47 Å². The number of ether oxygens (including phenoxy) is 5. The van der Waals surface area contributed by atoms with E-state index in [1.807, 2.05) is 26.0 Å². The van der Waals surface area contributed by atoms with Crippen LogP contribution in [0.15, 0.2) is 24.7 Å². The van der Waals surface area contributed by atoms with Crippen LogP contribution in [0, 0.1) is 0 Å². The molecule has 0 amide bonds. The van der Waals surface area contributed by atoms with Crippen molar-refractivity contribution in [1.82, 2.24) is 0 Å². The zero-order valence-corrected chi connectivity index (χ0v) is 13.9. The van der Waals surface area contributed by atoms with Crippen molar-refractivity contribution in [3.05, 3.63) is 35.8 Å². The fourth-order valence-electron chi connectivity index (χ4n) is 2.25. The minimum atomic E-state index is -0.933. The first-order chi connectivity index (χ1) is 11.0. The second kappa shape index (κ2) is 7.26. The molecule has 1 heterocycles. The van der Waals surface area contributed by atoms with E-state index in [0.717, 1.165) is 5.56 Å². The van der Waals surface area contributed by atoms with Crippen molar-refractivity contribution < 1.29 is 28.5 Å². The predicted octanol–water partition coefficient (Wildman–Crippen LogP) is 3.24. The van der Waals surface area contributed by atoms with Crippen LogP contribution in [0.5, 0.6) is 11.5 Å². The lowest BCUT2D eigenvalue weighted by atomic mass is 10.0. The normalized spacial score (nSPS) is 14.8. The highest BCUT2D eigenvalue weighted by Gasteiger charge is 2.34. The van der Waals surface area contributed by atoms with Gasteiger partial charge in [0.15, 0.2) is 0 Å². The van der Waals surface area contributed by atoms with Crippen LogP contribution in [0.3, 0.4) is 0 Å². The molecule has 0 aliphatic carbocycles. The lowest BCUT2D eigenvalue weighted by Gasteiger charge is -2.26. The van der Waals surface area contributed by atoms with Crippen molar-refractivity contribution in [3.8, 4) is 11.5 Å². The highest BCUT2D eigenvalue weighted by Crippen LogP contribution is 2.39. The van der Waals surface area contributed by atoms with E-state index in [4.69, 9.17) is 23.7 Å². The molecule has 0 fully saturated rings.